The summed E-state index contributed by atoms with van der Waals surface area (Å²) < 4.78 is 32.7. The zero-order valence-electron chi connectivity index (χ0n) is 14.3. The number of para-hydroxylation sites is 1. The van der Waals surface area contributed by atoms with Crippen LogP contribution in [0.3, 0.4) is 0 Å². The molecule has 0 atom stereocenters. The van der Waals surface area contributed by atoms with Crippen molar-refractivity contribution in [1.29, 1.82) is 0 Å². The van der Waals surface area contributed by atoms with Crippen molar-refractivity contribution >= 4 is 17.2 Å². The molecule has 0 unspecified atom stereocenters. The fourth-order valence-corrected chi connectivity index (χ4v) is 4.02. The summed E-state index contributed by atoms with van der Waals surface area (Å²) in [5.74, 6) is -1.20. The number of amides is 1. The minimum Gasteiger partial charge on any atom is -0.486 e. The van der Waals surface area contributed by atoms with Crippen molar-refractivity contribution in [3.05, 3.63) is 81.3 Å². The summed E-state index contributed by atoms with van der Waals surface area (Å²) in [5.41, 5.74) is 0.840. The first kappa shape index (κ1) is 17.6. The first-order chi connectivity index (χ1) is 13.1. The van der Waals surface area contributed by atoms with Crippen molar-refractivity contribution in [1.82, 2.24) is 9.88 Å². The van der Waals surface area contributed by atoms with Crippen LogP contribution in [0.1, 0.15) is 25.9 Å². The highest BCUT2D eigenvalue weighted by Crippen LogP contribution is 2.27. The van der Waals surface area contributed by atoms with Gasteiger partial charge in [-0.05, 0) is 24.3 Å². The van der Waals surface area contributed by atoms with Crippen LogP contribution in [0.2, 0.25) is 0 Å². The normalized spacial score (nSPS) is 13.3. The van der Waals surface area contributed by atoms with Gasteiger partial charge in [-0.15, -0.1) is 11.3 Å². The van der Waals surface area contributed by atoms with Crippen LogP contribution in [-0.2, 0) is 19.6 Å². The molecule has 2 aromatic carbocycles. The third-order valence-electron chi connectivity index (χ3n) is 4.33. The summed E-state index contributed by atoms with van der Waals surface area (Å²) in [4.78, 5) is 19.7. The molecule has 0 saturated carbocycles. The number of nitrogens with zero attached hydrogens (tertiary/aromatic N) is 2. The zero-order chi connectivity index (χ0) is 18.8. The Morgan fingerprint density at radius 3 is 2.78 bits per heavy atom. The van der Waals surface area contributed by atoms with Gasteiger partial charge in [0.15, 0.2) is 0 Å². The Balaban J connectivity index is 1.45. The maximum Gasteiger partial charge on any atom is 0.257 e. The average Bonchev–Trinajstić information content (AvgIpc) is 3.09. The van der Waals surface area contributed by atoms with Gasteiger partial charge < -0.3 is 9.64 Å². The Hall–Kier alpha value is -2.80. The molecule has 1 amide bonds. The molecule has 1 aliphatic heterocycles. The van der Waals surface area contributed by atoms with E-state index >= 15 is 0 Å². The van der Waals surface area contributed by atoms with Crippen molar-refractivity contribution in [3.63, 3.8) is 0 Å². The van der Waals surface area contributed by atoms with Gasteiger partial charge in [0.2, 0.25) is 0 Å². The lowest BCUT2D eigenvalue weighted by atomic mass is 10.1. The van der Waals surface area contributed by atoms with Crippen molar-refractivity contribution in [2.75, 3.05) is 6.54 Å². The second-order valence-electron chi connectivity index (χ2n) is 6.18. The lowest BCUT2D eigenvalue weighted by Crippen LogP contribution is -2.36. The van der Waals surface area contributed by atoms with Crippen LogP contribution >= 0.6 is 11.3 Å². The Labute approximate surface area is 159 Å². The van der Waals surface area contributed by atoms with Gasteiger partial charge in [0.05, 0.1) is 17.8 Å². The molecule has 4 nitrogen and oxygen atoms in total. The average molecular weight is 386 g/mol. The summed E-state index contributed by atoms with van der Waals surface area (Å²) in [6.45, 7) is 1.18. The van der Waals surface area contributed by atoms with Crippen molar-refractivity contribution in [2.45, 2.75) is 19.6 Å². The molecule has 0 radical (unpaired) electrons. The Bertz CT molecular complexity index is 975. The van der Waals surface area contributed by atoms with E-state index in [1.807, 2.05) is 30.3 Å². The number of thiazole rings is 1. The van der Waals surface area contributed by atoms with E-state index in [0.717, 1.165) is 33.5 Å². The lowest BCUT2D eigenvalue weighted by molar-refractivity contribution is 0.0731. The van der Waals surface area contributed by atoms with Crippen LogP contribution in [0.15, 0.2) is 48.5 Å². The Kier molecular flexibility index (Phi) is 4.85. The topological polar surface area (TPSA) is 42.4 Å². The van der Waals surface area contributed by atoms with Crippen LogP contribution < -0.4 is 4.74 Å². The van der Waals surface area contributed by atoms with Crippen molar-refractivity contribution in [2.24, 2.45) is 0 Å². The summed E-state index contributed by atoms with van der Waals surface area (Å²) in [6, 6.07) is 12.5. The number of halogens is 2. The molecular weight excluding hydrogens is 370 g/mol. The van der Waals surface area contributed by atoms with Gasteiger partial charge >= 0.3 is 0 Å². The molecule has 2 heterocycles. The summed E-state index contributed by atoms with van der Waals surface area (Å²) in [6.07, 6.45) is 0.603. The maximum absolute atomic E-state index is 13.9. The Morgan fingerprint density at radius 2 is 2.00 bits per heavy atom. The first-order valence-electron chi connectivity index (χ1n) is 8.50. The van der Waals surface area contributed by atoms with Crippen LogP contribution in [0, 0.1) is 11.6 Å². The monoisotopic (exact) mass is 386 g/mol. The molecule has 0 bridgehead atoms. The largest absolute Gasteiger partial charge is 0.486 e. The first-order valence-corrected chi connectivity index (χ1v) is 9.31. The van der Waals surface area contributed by atoms with Crippen LogP contribution in [0.25, 0.3) is 0 Å². The van der Waals surface area contributed by atoms with Gasteiger partial charge in [-0.1, -0.05) is 18.2 Å². The third kappa shape index (κ3) is 3.83. The highest BCUT2D eigenvalue weighted by molar-refractivity contribution is 7.11. The molecular formula is C20H16F2N2O2S. The van der Waals surface area contributed by atoms with E-state index in [-0.39, 0.29) is 5.56 Å². The predicted molar refractivity (Wildman–Crippen MR) is 97.7 cm³/mol. The predicted octanol–water partition coefficient (Wildman–Crippen LogP) is 4.20. The maximum atomic E-state index is 13.9. The molecule has 27 heavy (non-hydrogen) atoms. The number of aromatic nitrogens is 1. The van der Waals surface area contributed by atoms with E-state index in [1.165, 1.54) is 17.4 Å². The number of rotatable bonds is 4. The van der Waals surface area contributed by atoms with E-state index in [2.05, 4.69) is 4.98 Å². The van der Waals surface area contributed by atoms with E-state index in [9.17, 15) is 13.6 Å². The van der Waals surface area contributed by atoms with Gasteiger partial charge in [-0.3, -0.25) is 4.79 Å². The number of carbonyl (C=O) groups is 1. The zero-order valence-corrected chi connectivity index (χ0v) is 15.1. The van der Waals surface area contributed by atoms with Crippen molar-refractivity contribution < 1.29 is 18.3 Å². The Morgan fingerprint density at radius 1 is 1.19 bits per heavy atom. The summed E-state index contributed by atoms with van der Waals surface area (Å²) in [7, 11) is 0. The molecule has 1 aliphatic rings. The van der Waals surface area contributed by atoms with Crippen molar-refractivity contribution in [3.8, 4) is 5.75 Å². The second kappa shape index (κ2) is 7.44. The second-order valence-corrected chi connectivity index (χ2v) is 7.35. The molecule has 0 fully saturated rings. The van der Waals surface area contributed by atoms with Gasteiger partial charge in [-0.25, -0.2) is 13.8 Å². The van der Waals surface area contributed by atoms with Crippen LogP contribution in [-0.4, -0.2) is 22.3 Å². The third-order valence-corrected chi connectivity index (χ3v) is 5.39. The molecule has 3 aromatic rings. The van der Waals surface area contributed by atoms with Gasteiger partial charge in [0.1, 0.15) is 29.0 Å². The van der Waals surface area contributed by atoms with Crippen LogP contribution in [0.5, 0.6) is 5.75 Å². The molecule has 7 heteroatoms. The van der Waals surface area contributed by atoms with Crippen LogP contribution in [0.4, 0.5) is 8.78 Å². The molecule has 1 aromatic heterocycles. The SMILES string of the molecule is O=C(c1ccc(F)cc1F)N1CCc2nc(COc3ccccc3)sc2C1. The minimum atomic E-state index is -0.841. The molecule has 138 valence electrons. The number of fused-ring (bicyclic) bond motifs is 1. The van der Waals surface area contributed by atoms with E-state index in [0.29, 0.717) is 26.1 Å². The summed E-state index contributed by atoms with van der Waals surface area (Å²) in [5, 5.41) is 0.839. The molecule has 4 rings (SSSR count). The number of hydrogen-bond donors (Lipinski definition) is 0. The van der Waals surface area contributed by atoms with Gasteiger partial charge in [0.25, 0.3) is 5.91 Å². The quantitative estimate of drug-likeness (QED) is 0.675. The van der Waals surface area contributed by atoms with Gasteiger partial charge in [-0.2, -0.15) is 0 Å². The number of carbonyl (C=O) groups excluding carboxylic acids is 1. The molecule has 0 aliphatic carbocycles. The number of benzene rings is 2. The standard InChI is InChI=1S/C20H16F2N2O2S/c21-13-6-7-15(16(22)10-13)20(25)24-9-8-17-18(11-24)27-19(23-17)12-26-14-4-2-1-3-5-14/h1-7,10H,8-9,11-12H2. The smallest absolute Gasteiger partial charge is 0.257 e. The number of ether oxygens (including phenoxy) is 1. The highest BCUT2D eigenvalue weighted by Gasteiger charge is 2.26. The van der Waals surface area contributed by atoms with E-state index < -0.39 is 17.5 Å². The highest BCUT2D eigenvalue weighted by atomic mass is 32.1. The van der Waals surface area contributed by atoms with Gasteiger partial charge in [0, 0.05) is 23.9 Å². The summed E-state index contributed by atoms with van der Waals surface area (Å²) >= 11 is 1.49. The minimum absolute atomic E-state index is 0.114. The molecule has 0 spiro atoms. The molecule has 0 saturated heterocycles. The molecule has 0 N–H and O–H groups in total. The lowest BCUT2D eigenvalue weighted by Gasteiger charge is -2.26. The fraction of sp³-hybridized carbons (Fsp3) is 0.200. The fourth-order valence-electron chi connectivity index (χ4n) is 2.98. The van der Waals surface area contributed by atoms with E-state index in [4.69, 9.17) is 4.74 Å². The number of hydrogen-bond acceptors (Lipinski definition) is 4. The van der Waals surface area contributed by atoms with E-state index in [1.54, 1.807) is 4.90 Å².